The van der Waals surface area contributed by atoms with Crippen molar-refractivity contribution in [3.8, 4) is 11.3 Å². The number of rotatable bonds is 4. The van der Waals surface area contributed by atoms with Gasteiger partial charge in [0.15, 0.2) is 5.69 Å². The molecule has 2 heterocycles. The zero-order chi connectivity index (χ0) is 23.4. The molecule has 33 heavy (non-hydrogen) atoms. The maximum atomic E-state index is 12.8. The number of nitrogens with one attached hydrogen (secondary N) is 1. The van der Waals surface area contributed by atoms with E-state index >= 15 is 0 Å². The molecule has 4 rings (SSSR count). The van der Waals surface area contributed by atoms with Crippen molar-refractivity contribution in [3.63, 3.8) is 0 Å². The van der Waals surface area contributed by atoms with Gasteiger partial charge in [-0.1, -0.05) is 18.0 Å². The van der Waals surface area contributed by atoms with Gasteiger partial charge in [-0.3, -0.25) is 14.1 Å². The van der Waals surface area contributed by atoms with Crippen LogP contribution in [0.2, 0.25) is 5.02 Å². The number of carbonyl (C=O) groups is 1. The Labute approximate surface area is 197 Å². The van der Waals surface area contributed by atoms with Crippen molar-refractivity contribution < 1.29 is 13.2 Å². The van der Waals surface area contributed by atoms with Gasteiger partial charge in [-0.15, -0.1) is 0 Å². The van der Waals surface area contributed by atoms with Crippen LogP contribution in [0.25, 0.3) is 16.1 Å². The summed E-state index contributed by atoms with van der Waals surface area (Å²) >= 11 is 6.32. The van der Waals surface area contributed by atoms with Gasteiger partial charge < -0.3 is 5.32 Å². The van der Waals surface area contributed by atoms with Gasteiger partial charge in [0.2, 0.25) is 10.0 Å². The normalized spacial score (nSPS) is 15.3. The lowest BCUT2D eigenvalue weighted by molar-refractivity contribution is 0.102. The summed E-state index contributed by atoms with van der Waals surface area (Å²) in [6.07, 6.45) is 3.90. The highest BCUT2D eigenvalue weighted by molar-refractivity contribution is 7.92. The van der Waals surface area contributed by atoms with E-state index in [0.29, 0.717) is 51.9 Å². The number of aromatic nitrogens is 1. The third kappa shape index (κ3) is 5.16. The van der Waals surface area contributed by atoms with Crippen molar-refractivity contribution in [2.75, 3.05) is 21.9 Å². The van der Waals surface area contributed by atoms with Crippen LogP contribution in [0.1, 0.15) is 29.6 Å². The number of sulfonamides is 1. The fourth-order valence-corrected chi connectivity index (χ4v) is 5.53. The molecule has 0 aliphatic carbocycles. The third-order valence-electron chi connectivity index (χ3n) is 5.39. The fourth-order valence-electron chi connectivity index (χ4n) is 3.67. The van der Waals surface area contributed by atoms with Gasteiger partial charge in [0.05, 0.1) is 28.7 Å². The number of nitrogens with zero attached hydrogens (tertiary/aromatic N) is 3. The van der Waals surface area contributed by atoms with E-state index in [1.807, 2.05) is 0 Å². The third-order valence-corrected chi connectivity index (χ3v) is 7.59. The predicted molar refractivity (Wildman–Crippen MR) is 130 cm³/mol. The van der Waals surface area contributed by atoms with Gasteiger partial charge >= 0.3 is 0 Å². The molecule has 0 radical (unpaired) electrons. The average Bonchev–Trinajstić information content (AvgIpc) is 3.00. The Bertz CT molecular complexity index is 1330. The van der Waals surface area contributed by atoms with Gasteiger partial charge in [0.25, 0.3) is 5.91 Å². The Balaban J connectivity index is 1.53. The second-order valence-electron chi connectivity index (χ2n) is 7.66. The van der Waals surface area contributed by atoms with Crippen LogP contribution < -0.4 is 9.62 Å². The van der Waals surface area contributed by atoms with Gasteiger partial charge in [-0.25, -0.2) is 13.3 Å². The number of hydrogen-bond acceptors (Lipinski definition) is 4. The molecule has 1 aromatic heterocycles. The van der Waals surface area contributed by atoms with Crippen molar-refractivity contribution in [1.29, 1.82) is 0 Å². The van der Waals surface area contributed by atoms with Gasteiger partial charge in [0, 0.05) is 29.6 Å². The lowest BCUT2D eigenvalue weighted by Crippen LogP contribution is -2.32. The van der Waals surface area contributed by atoms with E-state index in [2.05, 4.69) is 15.1 Å². The summed E-state index contributed by atoms with van der Waals surface area (Å²) in [4.78, 5) is 20.5. The Morgan fingerprint density at radius 1 is 1.06 bits per heavy atom. The number of amides is 1. The summed E-state index contributed by atoms with van der Waals surface area (Å²) in [6, 6.07) is 14.8. The zero-order valence-electron chi connectivity index (χ0n) is 17.7. The maximum absolute atomic E-state index is 12.8. The molecule has 168 valence electrons. The molecule has 0 unspecified atom stereocenters. The SMILES string of the molecule is [C-]#[N+]c1ccnc(-c2cc(NC(=O)c3ccc(N4CCCCCS4(=O)=O)cc3)ccc2Cl)c1. The zero-order valence-corrected chi connectivity index (χ0v) is 19.2. The van der Waals surface area contributed by atoms with Crippen LogP contribution in [0.3, 0.4) is 0 Å². The predicted octanol–water partition coefficient (Wildman–Crippen LogP) is 5.53. The summed E-state index contributed by atoms with van der Waals surface area (Å²) in [7, 11) is -3.34. The minimum absolute atomic E-state index is 0.141. The van der Waals surface area contributed by atoms with Crippen LogP contribution in [-0.2, 0) is 10.0 Å². The highest BCUT2D eigenvalue weighted by Crippen LogP contribution is 2.31. The Morgan fingerprint density at radius 2 is 1.85 bits per heavy atom. The summed E-state index contributed by atoms with van der Waals surface area (Å²) in [5.41, 5.74) is 3.06. The molecule has 1 N–H and O–H groups in total. The molecule has 1 saturated heterocycles. The Morgan fingerprint density at radius 3 is 2.61 bits per heavy atom. The lowest BCUT2D eigenvalue weighted by Gasteiger charge is -2.22. The molecular formula is C24H21ClN4O3S. The maximum Gasteiger partial charge on any atom is 0.255 e. The molecule has 1 amide bonds. The van der Waals surface area contributed by atoms with Crippen LogP contribution >= 0.6 is 11.6 Å². The van der Waals surface area contributed by atoms with E-state index in [-0.39, 0.29) is 11.7 Å². The first kappa shape index (κ1) is 22.8. The molecule has 1 fully saturated rings. The standard InChI is InChI=1S/C24H21ClN4O3S/c1-26-18-11-12-27-23(16-18)21-15-19(7-10-22(21)25)28-24(30)17-5-8-20(9-6-17)29-13-3-2-4-14-33(29,31)32/h5-12,15-16H,2-4,13-14H2,(H,28,30). The molecule has 1 aliphatic heterocycles. The van der Waals surface area contributed by atoms with Crippen LogP contribution in [0.5, 0.6) is 0 Å². The van der Waals surface area contributed by atoms with E-state index in [1.165, 1.54) is 10.5 Å². The van der Waals surface area contributed by atoms with Crippen molar-refractivity contribution in [1.82, 2.24) is 4.98 Å². The molecule has 0 bridgehead atoms. The first-order chi connectivity index (χ1) is 15.9. The average molecular weight is 481 g/mol. The van der Waals surface area contributed by atoms with Crippen molar-refractivity contribution in [3.05, 3.63) is 82.8 Å². The Hall–Kier alpha value is -3.41. The number of anilines is 2. The first-order valence-corrected chi connectivity index (χ1v) is 12.4. The number of hydrogen-bond donors (Lipinski definition) is 1. The monoisotopic (exact) mass is 480 g/mol. The highest BCUT2D eigenvalue weighted by Gasteiger charge is 2.24. The minimum Gasteiger partial charge on any atom is -0.322 e. The van der Waals surface area contributed by atoms with E-state index in [0.717, 1.165) is 12.8 Å². The van der Waals surface area contributed by atoms with Crippen molar-refractivity contribution in [2.24, 2.45) is 0 Å². The summed E-state index contributed by atoms with van der Waals surface area (Å²) in [6.45, 7) is 7.62. The number of halogens is 1. The molecule has 0 spiro atoms. The molecule has 0 saturated carbocycles. The number of benzene rings is 2. The van der Waals surface area contributed by atoms with Gasteiger partial charge in [0.1, 0.15) is 0 Å². The van der Waals surface area contributed by atoms with E-state index in [4.69, 9.17) is 18.2 Å². The highest BCUT2D eigenvalue weighted by atomic mass is 35.5. The van der Waals surface area contributed by atoms with Crippen LogP contribution in [-0.4, -0.2) is 31.6 Å². The van der Waals surface area contributed by atoms with Crippen molar-refractivity contribution >= 4 is 44.6 Å². The van der Waals surface area contributed by atoms with Crippen LogP contribution in [0.15, 0.2) is 60.8 Å². The quantitative estimate of drug-likeness (QED) is 0.498. The number of pyridine rings is 1. The van der Waals surface area contributed by atoms with Gasteiger partial charge in [-0.05, 0) is 67.4 Å². The van der Waals surface area contributed by atoms with Crippen molar-refractivity contribution in [2.45, 2.75) is 19.3 Å². The molecule has 1 aliphatic rings. The van der Waals surface area contributed by atoms with Gasteiger partial charge in [-0.2, -0.15) is 0 Å². The molecule has 7 nitrogen and oxygen atoms in total. The summed E-state index contributed by atoms with van der Waals surface area (Å²) in [5, 5.41) is 3.28. The van der Waals surface area contributed by atoms with E-state index in [9.17, 15) is 13.2 Å². The molecule has 0 atom stereocenters. The smallest absolute Gasteiger partial charge is 0.255 e. The largest absolute Gasteiger partial charge is 0.322 e. The number of carbonyl (C=O) groups excluding carboxylic acids is 1. The summed E-state index contributed by atoms with van der Waals surface area (Å²) < 4.78 is 26.4. The van der Waals surface area contributed by atoms with E-state index in [1.54, 1.807) is 54.6 Å². The first-order valence-electron chi connectivity index (χ1n) is 10.4. The van der Waals surface area contributed by atoms with Crippen LogP contribution in [0.4, 0.5) is 17.1 Å². The summed E-state index contributed by atoms with van der Waals surface area (Å²) in [5.74, 6) is -0.196. The lowest BCUT2D eigenvalue weighted by atomic mass is 10.1. The molecule has 3 aromatic rings. The fraction of sp³-hybridized carbons (Fsp3) is 0.208. The Kier molecular flexibility index (Phi) is 6.63. The second-order valence-corrected chi connectivity index (χ2v) is 10.1. The molecule has 2 aromatic carbocycles. The van der Waals surface area contributed by atoms with Crippen LogP contribution in [0, 0.1) is 6.57 Å². The second kappa shape index (κ2) is 9.61. The minimum atomic E-state index is -3.34. The topological polar surface area (TPSA) is 83.7 Å². The molecule has 9 heteroatoms. The molecular weight excluding hydrogens is 460 g/mol. The van der Waals surface area contributed by atoms with E-state index < -0.39 is 10.0 Å².